The normalized spacial score (nSPS) is 17.3. The van der Waals surface area contributed by atoms with Crippen LogP contribution >= 0.6 is 39.9 Å². The first-order chi connectivity index (χ1) is 12.5. The largest absolute Gasteiger partial charge is 0.357 e. The minimum Gasteiger partial charge on any atom is -0.357 e. The first-order valence-electron chi connectivity index (χ1n) is 9.63. The molecule has 1 saturated heterocycles. The first kappa shape index (κ1) is 24.7. The highest BCUT2D eigenvalue weighted by atomic mass is 127. The third-order valence-corrected chi connectivity index (χ3v) is 5.55. The van der Waals surface area contributed by atoms with Crippen molar-refractivity contribution in [2.75, 3.05) is 59.9 Å². The first-order valence-corrected chi connectivity index (χ1v) is 10.4. The Morgan fingerprint density at radius 1 is 1.26 bits per heavy atom. The standard InChI is InChI=1S/C20H34BrN5.HI/c1-5-22-20(25(4)16-18-8-6-7-9-19(18)21)23-14-17(2)15-26-12-10-24(3)11-13-26;/h6-9,17H,5,10-16H2,1-4H3,(H,22,23);1H. The van der Waals surface area contributed by atoms with Gasteiger partial charge in [-0.05, 0) is 31.5 Å². The number of nitrogens with zero attached hydrogens (tertiary/aromatic N) is 4. The fourth-order valence-electron chi connectivity index (χ4n) is 3.20. The molecule has 1 aromatic carbocycles. The lowest BCUT2D eigenvalue weighted by Crippen LogP contribution is -2.46. The van der Waals surface area contributed by atoms with Gasteiger partial charge in [-0.15, -0.1) is 24.0 Å². The van der Waals surface area contributed by atoms with Crippen LogP contribution in [0.25, 0.3) is 0 Å². The quantitative estimate of drug-likeness (QED) is 0.320. The van der Waals surface area contributed by atoms with Crippen molar-refractivity contribution >= 4 is 45.9 Å². The Morgan fingerprint density at radius 2 is 1.93 bits per heavy atom. The third kappa shape index (κ3) is 8.66. The van der Waals surface area contributed by atoms with Crippen molar-refractivity contribution in [3.63, 3.8) is 0 Å². The van der Waals surface area contributed by atoms with Crippen LogP contribution in [0.5, 0.6) is 0 Å². The van der Waals surface area contributed by atoms with Crippen molar-refractivity contribution in [3.8, 4) is 0 Å². The minimum atomic E-state index is 0. The highest BCUT2D eigenvalue weighted by Gasteiger charge is 2.16. The third-order valence-electron chi connectivity index (χ3n) is 4.78. The zero-order valence-electron chi connectivity index (χ0n) is 17.1. The molecule has 1 N–H and O–H groups in total. The molecule has 27 heavy (non-hydrogen) atoms. The molecule has 1 aliphatic rings. The van der Waals surface area contributed by atoms with E-state index in [1.54, 1.807) is 0 Å². The van der Waals surface area contributed by atoms with Crippen LogP contribution in [0.15, 0.2) is 33.7 Å². The van der Waals surface area contributed by atoms with Crippen LogP contribution in [-0.4, -0.2) is 80.6 Å². The average molecular weight is 552 g/mol. The lowest BCUT2D eigenvalue weighted by atomic mass is 10.1. The van der Waals surface area contributed by atoms with Crippen LogP contribution in [0.4, 0.5) is 0 Å². The monoisotopic (exact) mass is 551 g/mol. The molecule has 0 aliphatic carbocycles. The van der Waals surface area contributed by atoms with Crippen molar-refractivity contribution in [1.82, 2.24) is 20.0 Å². The van der Waals surface area contributed by atoms with Gasteiger partial charge in [-0.25, -0.2) is 0 Å². The summed E-state index contributed by atoms with van der Waals surface area (Å²) >= 11 is 3.64. The molecule has 0 amide bonds. The molecule has 0 bridgehead atoms. The van der Waals surface area contributed by atoms with Gasteiger partial charge in [0.1, 0.15) is 0 Å². The number of likely N-dealkylation sites (N-methyl/N-ethyl adjacent to an activating group) is 1. The van der Waals surface area contributed by atoms with Crippen LogP contribution < -0.4 is 5.32 Å². The molecule has 154 valence electrons. The van der Waals surface area contributed by atoms with Gasteiger partial charge in [0.15, 0.2) is 5.96 Å². The molecule has 0 radical (unpaired) electrons. The lowest BCUT2D eigenvalue weighted by molar-refractivity contribution is 0.140. The summed E-state index contributed by atoms with van der Waals surface area (Å²) in [5.41, 5.74) is 1.27. The van der Waals surface area contributed by atoms with E-state index in [1.165, 1.54) is 31.7 Å². The van der Waals surface area contributed by atoms with Gasteiger partial charge >= 0.3 is 0 Å². The molecule has 5 nitrogen and oxygen atoms in total. The average Bonchev–Trinajstić information content (AvgIpc) is 2.62. The maximum absolute atomic E-state index is 4.90. The molecule has 1 atom stereocenters. The summed E-state index contributed by atoms with van der Waals surface area (Å²) in [4.78, 5) is 12.1. The van der Waals surface area contributed by atoms with Crippen LogP contribution in [-0.2, 0) is 6.54 Å². The molecule has 1 fully saturated rings. The summed E-state index contributed by atoms with van der Waals surface area (Å²) in [7, 11) is 4.31. The Balaban J connectivity index is 0.00000364. The molecule has 0 aromatic heterocycles. The van der Waals surface area contributed by atoms with E-state index in [4.69, 9.17) is 4.99 Å². The predicted octanol–water partition coefficient (Wildman–Crippen LogP) is 3.35. The smallest absolute Gasteiger partial charge is 0.193 e. The van der Waals surface area contributed by atoms with Crippen molar-refractivity contribution in [1.29, 1.82) is 0 Å². The highest BCUT2D eigenvalue weighted by molar-refractivity contribution is 14.0. The summed E-state index contributed by atoms with van der Waals surface area (Å²) in [6.45, 7) is 12.8. The van der Waals surface area contributed by atoms with Gasteiger partial charge in [0, 0.05) is 63.9 Å². The summed E-state index contributed by atoms with van der Waals surface area (Å²) in [5, 5.41) is 3.43. The van der Waals surface area contributed by atoms with Gasteiger partial charge in [0.05, 0.1) is 0 Å². The Kier molecular flexibility index (Phi) is 11.8. The van der Waals surface area contributed by atoms with Crippen LogP contribution in [0, 0.1) is 5.92 Å². The number of guanidine groups is 1. The topological polar surface area (TPSA) is 34.1 Å². The van der Waals surface area contributed by atoms with Crippen LogP contribution in [0.1, 0.15) is 19.4 Å². The second kappa shape index (κ2) is 13.0. The summed E-state index contributed by atoms with van der Waals surface area (Å²) in [6, 6.07) is 8.37. The zero-order chi connectivity index (χ0) is 18.9. The minimum absolute atomic E-state index is 0. The van der Waals surface area contributed by atoms with E-state index >= 15 is 0 Å². The molecule has 0 saturated carbocycles. The van der Waals surface area contributed by atoms with E-state index in [1.807, 2.05) is 6.07 Å². The SMILES string of the molecule is CCNC(=NCC(C)CN1CCN(C)CC1)N(C)Cc1ccccc1Br.I. The second-order valence-corrected chi connectivity index (χ2v) is 8.21. The van der Waals surface area contributed by atoms with Gasteiger partial charge < -0.3 is 20.0 Å². The molecular formula is C20H35BrIN5. The highest BCUT2D eigenvalue weighted by Crippen LogP contribution is 2.17. The zero-order valence-corrected chi connectivity index (χ0v) is 21.0. The summed E-state index contributed by atoms with van der Waals surface area (Å²) in [6.07, 6.45) is 0. The van der Waals surface area contributed by atoms with Crippen molar-refractivity contribution < 1.29 is 0 Å². The van der Waals surface area contributed by atoms with E-state index < -0.39 is 0 Å². The van der Waals surface area contributed by atoms with Gasteiger partial charge in [-0.3, -0.25) is 4.99 Å². The van der Waals surface area contributed by atoms with E-state index in [-0.39, 0.29) is 24.0 Å². The number of rotatable bonds is 7. The molecule has 0 spiro atoms. The summed E-state index contributed by atoms with van der Waals surface area (Å²) in [5.74, 6) is 1.54. The molecule has 1 unspecified atom stereocenters. The van der Waals surface area contributed by atoms with E-state index in [0.29, 0.717) is 5.92 Å². The predicted molar refractivity (Wildman–Crippen MR) is 130 cm³/mol. The number of aliphatic imine (C=N–C) groups is 1. The van der Waals surface area contributed by atoms with Crippen LogP contribution in [0.3, 0.4) is 0 Å². The Bertz CT molecular complexity index is 575. The van der Waals surface area contributed by atoms with Crippen LogP contribution in [0.2, 0.25) is 0 Å². The van der Waals surface area contributed by atoms with Crippen molar-refractivity contribution in [2.45, 2.75) is 20.4 Å². The van der Waals surface area contributed by atoms with Gasteiger partial charge in [-0.2, -0.15) is 0 Å². The Labute approximate surface area is 190 Å². The van der Waals surface area contributed by atoms with E-state index in [0.717, 1.165) is 36.6 Å². The van der Waals surface area contributed by atoms with Gasteiger partial charge in [-0.1, -0.05) is 41.1 Å². The molecule has 1 aliphatic heterocycles. The molecular weight excluding hydrogens is 517 g/mol. The Hall–Kier alpha value is -0.380. The van der Waals surface area contributed by atoms with Gasteiger partial charge in [0.25, 0.3) is 0 Å². The Morgan fingerprint density at radius 3 is 2.56 bits per heavy atom. The van der Waals surface area contributed by atoms with Crippen molar-refractivity contribution in [2.24, 2.45) is 10.9 Å². The fourth-order valence-corrected chi connectivity index (χ4v) is 3.61. The summed E-state index contributed by atoms with van der Waals surface area (Å²) < 4.78 is 1.14. The number of hydrogen-bond donors (Lipinski definition) is 1. The number of benzene rings is 1. The number of piperazine rings is 1. The molecule has 1 heterocycles. The molecule has 1 aromatic rings. The van der Waals surface area contributed by atoms with Gasteiger partial charge in [0.2, 0.25) is 0 Å². The molecule has 2 rings (SSSR count). The maximum atomic E-state index is 4.90. The second-order valence-electron chi connectivity index (χ2n) is 7.35. The van der Waals surface area contributed by atoms with Crippen molar-refractivity contribution in [3.05, 3.63) is 34.3 Å². The maximum Gasteiger partial charge on any atom is 0.193 e. The fraction of sp³-hybridized carbons (Fsp3) is 0.650. The number of nitrogens with one attached hydrogen (secondary N) is 1. The lowest BCUT2D eigenvalue weighted by Gasteiger charge is -2.33. The van der Waals surface area contributed by atoms with E-state index in [9.17, 15) is 0 Å². The number of halogens is 2. The molecule has 7 heteroatoms. The van der Waals surface area contributed by atoms with E-state index in [2.05, 4.69) is 82.1 Å². The number of hydrogen-bond acceptors (Lipinski definition) is 3.